The molecule has 0 aliphatic carbocycles. The quantitative estimate of drug-likeness (QED) is 0.167. The van der Waals surface area contributed by atoms with Gasteiger partial charge >= 0.3 is 141 Å². The van der Waals surface area contributed by atoms with Gasteiger partial charge in [0.05, 0.1) is 12.6 Å². The smallest absolute Gasteiger partial charge is 0.0791 e. The first-order valence-electron chi connectivity index (χ1n) is 7.70. The number of methoxy groups -OCH3 is 1. The first-order valence-corrected chi connectivity index (χ1v) is 31.2. The van der Waals surface area contributed by atoms with Gasteiger partial charge in [-0.1, -0.05) is 26.2 Å². The van der Waals surface area contributed by atoms with Gasteiger partial charge in [-0.3, -0.25) is 4.98 Å². The standard InChI is InChI=1S/C5H10N.C4H7O.C3H6NO.C3H3NS.CH3.8ClH.3H2N.4Pt/c1-2-4-6-5-3-1;1-4(2)3-5;1-3(4)5-2;1-2-5-3-4-1;;;;;;;;;;;;;;;;/h1-5H2;1,5H,3H2,2H3;1-2H3;1-3H;1H3;8*1H;3*1H2;;;;/q3*-1;;-1;;;;;;;;;3*-1;+2;3*+4/p-8. The maximum Gasteiger partial charge on any atom is 0.0791 e. The molecule has 0 unspecified atom stereocenters. The van der Waals surface area contributed by atoms with Crippen LogP contribution in [0.4, 0.5) is 0 Å². The molecule has 37 heavy (non-hydrogen) atoms. The monoisotopic (exact) mass is 1430 g/mol. The fraction of sp³-hybridized carbons (Fsp3) is 0.562. The molecule has 7 N–H and O–H groups in total. The van der Waals surface area contributed by atoms with Crippen molar-refractivity contribution in [3.63, 3.8) is 0 Å². The van der Waals surface area contributed by atoms with E-state index in [1.54, 1.807) is 30.0 Å². The molecule has 8 nitrogen and oxygen atoms in total. The van der Waals surface area contributed by atoms with Gasteiger partial charge in [0.15, 0.2) is 0 Å². The van der Waals surface area contributed by atoms with Crippen LogP contribution in [-0.4, -0.2) is 42.8 Å². The van der Waals surface area contributed by atoms with Crippen molar-refractivity contribution >= 4 is 92.6 Å². The summed E-state index contributed by atoms with van der Waals surface area (Å²) < 4.78 is 4.22. The average molecular weight is 1440 g/mol. The minimum absolute atomic E-state index is 0. The Morgan fingerprint density at radius 2 is 1.32 bits per heavy atom. The molecule has 1 fully saturated rings. The average Bonchev–Trinajstić information content (AvgIpc) is 3.38. The Bertz CT molecular complexity index is 380. The molecular weight excluding hydrogens is 1400 g/mol. The van der Waals surface area contributed by atoms with Crippen molar-refractivity contribution in [3.05, 3.63) is 65.8 Å². The molecule has 21 heteroatoms. The maximum atomic E-state index is 8.06. The van der Waals surface area contributed by atoms with Gasteiger partial charge in [-0.15, -0.1) is 24.4 Å². The first-order chi connectivity index (χ1) is 15.7. The Hall–Kier alpha value is 3.71. The maximum absolute atomic E-state index is 8.06. The Morgan fingerprint density at radius 1 is 1.03 bits per heavy atom. The van der Waals surface area contributed by atoms with E-state index in [1.165, 1.54) is 33.3 Å². The van der Waals surface area contributed by atoms with E-state index in [1.807, 2.05) is 5.38 Å². The summed E-state index contributed by atoms with van der Waals surface area (Å²) in [6.07, 6.45) is 5.84. The summed E-state index contributed by atoms with van der Waals surface area (Å²) in [6, 6.07) is 0. The molecule has 244 valence electrons. The van der Waals surface area contributed by atoms with Crippen LogP contribution in [0.3, 0.4) is 0 Å². The summed E-state index contributed by atoms with van der Waals surface area (Å²) in [6.45, 7) is 10.3. The van der Waals surface area contributed by atoms with Crippen molar-refractivity contribution in [2.75, 3.05) is 26.8 Å². The van der Waals surface area contributed by atoms with Crippen molar-refractivity contribution in [2.24, 2.45) is 0 Å². The van der Waals surface area contributed by atoms with E-state index in [4.69, 9.17) is 92.4 Å². The van der Waals surface area contributed by atoms with Crippen LogP contribution in [0.5, 0.6) is 0 Å². The first kappa shape index (κ1) is 68.1. The van der Waals surface area contributed by atoms with Crippen molar-refractivity contribution in [1.82, 2.24) is 4.98 Å². The summed E-state index contributed by atoms with van der Waals surface area (Å²) in [5, 5.41) is 22.1. The van der Waals surface area contributed by atoms with Crippen LogP contribution in [-0.2, 0) is 70.7 Å². The normalized spacial score (nSPS) is 9.30. The summed E-state index contributed by atoms with van der Waals surface area (Å²) in [4.78, 5) is 3.74. The van der Waals surface area contributed by atoms with Gasteiger partial charge in [-0.25, -0.2) is 5.57 Å². The van der Waals surface area contributed by atoms with E-state index >= 15 is 0 Å². The fourth-order valence-corrected chi connectivity index (χ4v) is 1.26. The van der Waals surface area contributed by atoms with E-state index in [0.29, 0.717) is 5.57 Å². The van der Waals surface area contributed by atoms with Crippen LogP contribution < -0.4 is 0 Å². The summed E-state index contributed by atoms with van der Waals surface area (Å²) >= 11 is -0.287. The van der Waals surface area contributed by atoms with Crippen LogP contribution in [0.25, 0.3) is 29.2 Å². The molecule has 1 saturated heterocycles. The number of nitrogens with zero attached hydrogens (tertiary/aromatic N) is 3. The van der Waals surface area contributed by atoms with Crippen LogP contribution >= 0.6 is 86.7 Å². The van der Waals surface area contributed by atoms with Gasteiger partial charge < -0.3 is 53.0 Å². The molecule has 0 radical (unpaired) electrons. The molecule has 2 heterocycles. The molecule has 1 aromatic heterocycles. The van der Waals surface area contributed by atoms with E-state index < -0.39 is 65.9 Å². The van der Waals surface area contributed by atoms with Gasteiger partial charge in [-0.2, -0.15) is 0 Å². The van der Waals surface area contributed by atoms with E-state index in [-0.39, 0.29) is 38.4 Å². The topological polar surface area (TPSA) is 179 Å². The Labute approximate surface area is 294 Å². The molecule has 1 aromatic rings. The molecular formula is C16H35Cl8N6O2Pt4S-. The van der Waals surface area contributed by atoms with E-state index in [0.717, 1.165) is 13.1 Å². The number of ether oxygens (including phenoxy) is 1. The van der Waals surface area contributed by atoms with Crippen LogP contribution in [0.1, 0.15) is 33.1 Å². The fourth-order valence-electron chi connectivity index (χ4n) is 0.911. The molecule has 0 atom stereocenters. The number of aliphatic hydroxyl groups excluding tert-OH is 1. The van der Waals surface area contributed by atoms with Gasteiger partial charge in [0.25, 0.3) is 0 Å². The minimum atomic E-state index is -0.472. The van der Waals surface area contributed by atoms with Gasteiger partial charge in [-0.05, 0) is 12.8 Å². The zero-order valence-electron chi connectivity index (χ0n) is 20.2. The molecule has 0 bridgehead atoms. The van der Waals surface area contributed by atoms with Gasteiger partial charge in [0, 0.05) is 18.2 Å². The van der Waals surface area contributed by atoms with Crippen molar-refractivity contribution < 1.29 is 75.8 Å². The van der Waals surface area contributed by atoms with Gasteiger partial charge in [0.1, 0.15) is 0 Å². The van der Waals surface area contributed by atoms with E-state index in [9.17, 15) is 0 Å². The molecule has 1 aliphatic rings. The second-order valence-corrected chi connectivity index (χ2v) is 18.2. The Balaban J connectivity index is -0.0000000282. The number of halogens is 8. The number of thiazole rings is 1. The van der Waals surface area contributed by atoms with Crippen LogP contribution in [0, 0.1) is 14.0 Å². The summed E-state index contributed by atoms with van der Waals surface area (Å²) in [7, 11) is 40.4. The van der Waals surface area contributed by atoms with Crippen molar-refractivity contribution in [3.8, 4) is 0 Å². The van der Waals surface area contributed by atoms with Crippen LogP contribution in [0.15, 0.2) is 22.7 Å². The molecule has 1 aliphatic heterocycles. The number of aliphatic hydroxyl groups is 1. The zero-order valence-corrected chi connectivity index (χ0v) is 36.1. The predicted octanol–water partition coefficient (Wildman–Crippen LogP) is 11.8. The predicted molar refractivity (Wildman–Crippen MR) is 160 cm³/mol. The second-order valence-electron chi connectivity index (χ2n) is 4.32. The molecule has 0 amide bonds. The summed E-state index contributed by atoms with van der Waals surface area (Å²) in [5.74, 6) is 0.00463. The Morgan fingerprint density at radius 3 is 1.38 bits per heavy atom. The number of piperidine rings is 1. The van der Waals surface area contributed by atoms with Crippen LogP contribution in [0.2, 0.25) is 0 Å². The van der Waals surface area contributed by atoms with E-state index in [2.05, 4.69) is 15.0 Å². The number of aromatic nitrogens is 1. The number of hydrogen-bond acceptors (Lipinski definition) is 4. The number of rotatable bonds is 1. The molecule has 0 saturated carbocycles. The van der Waals surface area contributed by atoms with Crippen molar-refractivity contribution in [2.45, 2.75) is 33.1 Å². The minimum Gasteiger partial charge on any atom is -0.693 e. The third-order valence-electron chi connectivity index (χ3n) is 2.02. The molecule has 0 spiro atoms. The third kappa shape index (κ3) is 161. The third-order valence-corrected chi connectivity index (χ3v) is 2.55. The number of nitrogens with two attached hydrogens (primary N) is 3. The zero-order chi connectivity index (χ0) is 27.2. The van der Waals surface area contributed by atoms with Gasteiger partial charge in [0.2, 0.25) is 0 Å². The summed E-state index contributed by atoms with van der Waals surface area (Å²) in [5.41, 5.74) is 2.35. The second kappa shape index (κ2) is 83.4. The molecule has 2 rings (SSSR count). The van der Waals surface area contributed by atoms with Crippen molar-refractivity contribution in [1.29, 1.82) is 0 Å². The Kier molecular flexibility index (Phi) is 153. The SMILES string of the molecule is C1CC[N-]CC1.COC(C)=[N-].[CH-]=C(C)CO.[CH3-].[Cl][Pt+2][Cl].[Cl][Pt+2][Cl].[Cl][Pt+2][Cl].[Cl][Pt][Cl].[NH2-].[NH2-].[NH2-].c1cscn1. The largest absolute Gasteiger partial charge is 0.693 e. The number of hydrogen-bond donors (Lipinski definition) is 1. The molecule has 0 aromatic carbocycles.